The molecule has 1 aromatic carbocycles. The fourth-order valence-electron chi connectivity index (χ4n) is 1.36. The van der Waals surface area contributed by atoms with Gasteiger partial charge in [0.25, 0.3) is 5.91 Å². The van der Waals surface area contributed by atoms with Crippen molar-refractivity contribution in [3.8, 4) is 0 Å². The van der Waals surface area contributed by atoms with Gasteiger partial charge in [0.05, 0.1) is 21.9 Å². The van der Waals surface area contributed by atoms with Crippen LogP contribution in [0.5, 0.6) is 0 Å². The zero-order valence-corrected chi connectivity index (χ0v) is 10.5. The van der Waals surface area contributed by atoms with Crippen LogP contribution in [0.1, 0.15) is 10.4 Å². The molecule has 0 bridgehead atoms. The molecule has 1 heterocycles. The first-order valence-corrected chi connectivity index (χ1v) is 5.61. The molecule has 6 heteroatoms. The van der Waals surface area contributed by atoms with Crippen LogP contribution in [0.3, 0.4) is 0 Å². The van der Waals surface area contributed by atoms with E-state index in [1.54, 1.807) is 24.0 Å². The molecule has 17 heavy (non-hydrogen) atoms. The van der Waals surface area contributed by atoms with Crippen LogP contribution in [0.2, 0.25) is 0 Å². The second-order valence-electron chi connectivity index (χ2n) is 3.46. The Balaban J connectivity index is 2.23. The Morgan fingerprint density at radius 1 is 1.53 bits per heavy atom. The maximum Gasteiger partial charge on any atom is 0.257 e. The quantitative estimate of drug-likeness (QED) is 0.926. The van der Waals surface area contributed by atoms with E-state index in [2.05, 4.69) is 26.3 Å². The Bertz CT molecular complexity index is 568. The second-order valence-corrected chi connectivity index (χ2v) is 4.25. The summed E-state index contributed by atoms with van der Waals surface area (Å²) in [7, 11) is 1.74. The lowest BCUT2D eigenvalue weighted by atomic mass is 10.2. The Morgan fingerprint density at radius 2 is 2.29 bits per heavy atom. The molecule has 0 aliphatic heterocycles. The van der Waals surface area contributed by atoms with E-state index in [0.29, 0.717) is 5.69 Å². The molecule has 0 atom stereocenters. The third-order valence-corrected chi connectivity index (χ3v) is 2.96. The van der Waals surface area contributed by atoms with E-state index in [1.165, 1.54) is 18.3 Å². The number of rotatable bonds is 2. The van der Waals surface area contributed by atoms with E-state index in [0.717, 1.165) is 0 Å². The molecule has 2 rings (SSSR count). The molecule has 1 amide bonds. The number of amides is 1. The summed E-state index contributed by atoms with van der Waals surface area (Å²) in [6.45, 7) is 0. The zero-order chi connectivity index (χ0) is 12.4. The lowest BCUT2D eigenvalue weighted by Gasteiger charge is -2.05. The number of nitrogens with one attached hydrogen (secondary N) is 1. The van der Waals surface area contributed by atoms with Gasteiger partial charge in [0, 0.05) is 13.2 Å². The third-order valence-electron chi connectivity index (χ3n) is 2.16. The standard InChI is InChI=1S/C11H9BrFN3O/c1-16-6-7(5-14-16)15-11(17)8-3-2-4-9(13)10(8)12/h2-6H,1H3,(H,15,17). The van der Waals surface area contributed by atoms with Crippen LogP contribution in [0.25, 0.3) is 0 Å². The predicted molar refractivity (Wildman–Crippen MR) is 65.3 cm³/mol. The Hall–Kier alpha value is -1.69. The number of halogens is 2. The van der Waals surface area contributed by atoms with Gasteiger partial charge in [-0.3, -0.25) is 9.48 Å². The van der Waals surface area contributed by atoms with Gasteiger partial charge >= 0.3 is 0 Å². The van der Waals surface area contributed by atoms with Crippen molar-refractivity contribution >= 4 is 27.5 Å². The molecule has 0 saturated carbocycles. The van der Waals surface area contributed by atoms with E-state index in [4.69, 9.17) is 0 Å². The van der Waals surface area contributed by atoms with E-state index in [-0.39, 0.29) is 15.9 Å². The molecule has 0 saturated heterocycles. The van der Waals surface area contributed by atoms with Gasteiger partial charge in [0.15, 0.2) is 0 Å². The molecule has 0 aliphatic carbocycles. The molecule has 0 spiro atoms. The van der Waals surface area contributed by atoms with Gasteiger partial charge in [0.2, 0.25) is 0 Å². The van der Waals surface area contributed by atoms with Gasteiger partial charge in [-0.15, -0.1) is 0 Å². The summed E-state index contributed by atoms with van der Waals surface area (Å²) in [6.07, 6.45) is 3.18. The van der Waals surface area contributed by atoms with E-state index >= 15 is 0 Å². The topological polar surface area (TPSA) is 46.9 Å². The first-order chi connectivity index (χ1) is 8.08. The predicted octanol–water partition coefficient (Wildman–Crippen LogP) is 2.57. The van der Waals surface area contributed by atoms with Gasteiger partial charge in [0.1, 0.15) is 5.82 Å². The largest absolute Gasteiger partial charge is 0.319 e. The average Bonchev–Trinajstić information content (AvgIpc) is 2.68. The minimum absolute atomic E-state index is 0.154. The van der Waals surface area contributed by atoms with Crippen molar-refractivity contribution in [1.82, 2.24) is 9.78 Å². The highest BCUT2D eigenvalue weighted by Gasteiger charge is 2.13. The Kier molecular flexibility index (Phi) is 3.23. The zero-order valence-electron chi connectivity index (χ0n) is 8.95. The number of aromatic nitrogens is 2. The first-order valence-electron chi connectivity index (χ1n) is 4.82. The number of benzene rings is 1. The lowest BCUT2D eigenvalue weighted by Crippen LogP contribution is -2.12. The van der Waals surface area contributed by atoms with Crippen molar-refractivity contribution in [2.75, 3.05) is 5.32 Å². The van der Waals surface area contributed by atoms with Crippen LogP contribution < -0.4 is 5.32 Å². The molecular formula is C11H9BrFN3O. The molecule has 1 N–H and O–H groups in total. The molecule has 88 valence electrons. The van der Waals surface area contributed by atoms with E-state index in [1.807, 2.05) is 0 Å². The number of carbonyl (C=O) groups is 1. The van der Waals surface area contributed by atoms with Gasteiger partial charge in [-0.05, 0) is 28.1 Å². The summed E-state index contributed by atoms with van der Waals surface area (Å²) in [5.41, 5.74) is 0.808. The van der Waals surface area contributed by atoms with Crippen molar-refractivity contribution < 1.29 is 9.18 Å². The van der Waals surface area contributed by atoms with Crippen molar-refractivity contribution in [3.63, 3.8) is 0 Å². The number of hydrogen-bond donors (Lipinski definition) is 1. The molecule has 0 fully saturated rings. The van der Waals surface area contributed by atoms with Gasteiger partial charge in [-0.25, -0.2) is 4.39 Å². The van der Waals surface area contributed by atoms with Crippen molar-refractivity contribution in [2.24, 2.45) is 7.05 Å². The number of carbonyl (C=O) groups excluding carboxylic acids is 1. The highest BCUT2D eigenvalue weighted by molar-refractivity contribution is 9.10. The number of aryl methyl sites for hydroxylation is 1. The highest BCUT2D eigenvalue weighted by atomic mass is 79.9. The molecule has 2 aromatic rings. The van der Waals surface area contributed by atoms with Gasteiger partial charge in [-0.1, -0.05) is 6.07 Å². The first kappa shape index (κ1) is 11.8. The fourth-order valence-corrected chi connectivity index (χ4v) is 1.81. The molecule has 0 radical (unpaired) electrons. The van der Waals surface area contributed by atoms with Crippen molar-refractivity contribution in [1.29, 1.82) is 0 Å². The fraction of sp³-hybridized carbons (Fsp3) is 0.0909. The normalized spacial score (nSPS) is 10.3. The SMILES string of the molecule is Cn1cc(NC(=O)c2cccc(F)c2Br)cn1. The van der Waals surface area contributed by atoms with Crippen LogP contribution >= 0.6 is 15.9 Å². The minimum Gasteiger partial charge on any atom is -0.319 e. The Morgan fingerprint density at radius 3 is 2.94 bits per heavy atom. The summed E-state index contributed by atoms with van der Waals surface area (Å²) in [5.74, 6) is -0.854. The van der Waals surface area contributed by atoms with Crippen LogP contribution in [-0.2, 0) is 7.05 Å². The van der Waals surface area contributed by atoms with Gasteiger partial charge < -0.3 is 5.32 Å². The van der Waals surface area contributed by atoms with E-state index < -0.39 is 5.82 Å². The maximum atomic E-state index is 13.2. The maximum absolute atomic E-state index is 13.2. The number of hydrogen-bond acceptors (Lipinski definition) is 2. The highest BCUT2D eigenvalue weighted by Crippen LogP contribution is 2.21. The molecule has 0 unspecified atom stereocenters. The second kappa shape index (κ2) is 4.67. The van der Waals surface area contributed by atoms with Crippen molar-refractivity contribution in [3.05, 3.63) is 46.4 Å². The van der Waals surface area contributed by atoms with Crippen LogP contribution in [0, 0.1) is 5.82 Å². The van der Waals surface area contributed by atoms with Crippen LogP contribution in [0.15, 0.2) is 35.1 Å². The van der Waals surface area contributed by atoms with Crippen LogP contribution in [-0.4, -0.2) is 15.7 Å². The number of anilines is 1. The van der Waals surface area contributed by atoms with Crippen molar-refractivity contribution in [2.45, 2.75) is 0 Å². The monoisotopic (exact) mass is 297 g/mol. The molecular weight excluding hydrogens is 289 g/mol. The summed E-state index contributed by atoms with van der Waals surface area (Å²) in [6, 6.07) is 4.31. The summed E-state index contributed by atoms with van der Waals surface area (Å²) in [5, 5.41) is 6.55. The smallest absolute Gasteiger partial charge is 0.257 e. The Labute approximate surface area is 106 Å². The third kappa shape index (κ3) is 2.52. The lowest BCUT2D eigenvalue weighted by molar-refractivity contribution is 0.102. The minimum atomic E-state index is -0.469. The molecule has 1 aromatic heterocycles. The van der Waals surface area contributed by atoms with Gasteiger partial charge in [-0.2, -0.15) is 5.10 Å². The summed E-state index contributed by atoms with van der Waals surface area (Å²) in [4.78, 5) is 11.9. The number of nitrogens with zero attached hydrogens (tertiary/aromatic N) is 2. The van der Waals surface area contributed by atoms with E-state index in [9.17, 15) is 9.18 Å². The summed E-state index contributed by atoms with van der Waals surface area (Å²) < 4.78 is 15.0. The average molecular weight is 298 g/mol. The molecule has 4 nitrogen and oxygen atoms in total. The summed E-state index contributed by atoms with van der Waals surface area (Å²) >= 11 is 3.04. The molecule has 0 aliphatic rings. The van der Waals surface area contributed by atoms with Crippen LogP contribution in [0.4, 0.5) is 10.1 Å².